The SMILES string of the molecule is C=CC[C@@H]1OCC[C@H]1CS(=O)(=O)c1ccccc1. The van der Waals surface area contributed by atoms with Gasteiger partial charge in [0.2, 0.25) is 0 Å². The van der Waals surface area contributed by atoms with Crippen molar-refractivity contribution in [3.63, 3.8) is 0 Å². The summed E-state index contributed by atoms with van der Waals surface area (Å²) in [5.41, 5.74) is 0. The second-order valence-corrected chi connectivity index (χ2v) is 6.61. The Balaban J connectivity index is 2.11. The molecule has 0 aromatic heterocycles. The molecule has 0 unspecified atom stereocenters. The van der Waals surface area contributed by atoms with Crippen LogP contribution in [0.5, 0.6) is 0 Å². The van der Waals surface area contributed by atoms with Gasteiger partial charge in [0.15, 0.2) is 9.84 Å². The maximum Gasteiger partial charge on any atom is 0.178 e. The molecular weight excluding hydrogens is 248 g/mol. The van der Waals surface area contributed by atoms with Gasteiger partial charge in [0, 0.05) is 12.5 Å². The average Bonchev–Trinajstić information content (AvgIpc) is 2.78. The van der Waals surface area contributed by atoms with E-state index in [0.29, 0.717) is 11.5 Å². The lowest BCUT2D eigenvalue weighted by atomic mass is 10.0. The van der Waals surface area contributed by atoms with Gasteiger partial charge in [-0.3, -0.25) is 0 Å². The highest BCUT2D eigenvalue weighted by atomic mass is 32.2. The van der Waals surface area contributed by atoms with E-state index in [-0.39, 0.29) is 17.8 Å². The Hall–Kier alpha value is -1.13. The van der Waals surface area contributed by atoms with Crippen LogP contribution in [0, 0.1) is 5.92 Å². The summed E-state index contributed by atoms with van der Waals surface area (Å²) >= 11 is 0. The molecule has 0 amide bonds. The van der Waals surface area contributed by atoms with Gasteiger partial charge in [0.05, 0.1) is 16.8 Å². The van der Waals surface area contributed by atoms with Gasteiger partial charge in [-0.1, -0.05) is 24.3 Å². The number of hydrogen-bond donors (Lipinski definition) is 0. The van der Waals surface area contributed by atoms with Crippen LogP contribution in [0.1, 0.15) is 12.8 Å². The Kier molecular flexibility index (Phi) is 4.19. The molecule has 1 aromatic rings. The standard InChI is InChI=1S/C14H18O3S/c1-2-6-14-12(9-10-17-14)11-18(15,16)13-7-4-3-5-8-13/h2-5,7-8,12,14H,1,6,9-11H2/t12-,14-/m0/s1. The average molecular weight is 266 g/mol. The number of benzene rings is 1. The highest BCUT2D eigenvalue weighted by Crippen LogP contribution is 2.27. The summed E-state index contributed by atoms with van der Waals surface area (Å²) in [7, 11) is -3.21. The van der Waals surface area contributed by atoms with E-state index in [1.165, 1.54) is 0 Å². The van der Waals surface area contributed by atoms with Gasteiger partial charge < -0.3 is 4.74 Å². The van der Waals surface area contributed by atoms with Crippen LogP contribution in [0.2, 0.25) is 0 Å². The van der Waals surface area contributed by atoms with Crippen molar-refractivity contribution in [3.05, 3.63) is 43.0 Å². The Labute approximate surface area is 108 Å². The van der Waals surface area contributed by atoms with Crippen LogP contribution in [0.25, 0.3) is 0 Å². The Bertz CT molecular complexity index is 493. The summed E-state index contributed by atoms with van der Waals surface area (Å²) in [6.07, 6.45) is 3.32. The molecule has 3 nitrogen and oxygen atoms in total. The molecule has 0 bridgehead atoms. The molecule has 0 aliphatic carbocycles. The van der Waals surface area contributed by atoms with E-state index in [0.717, 1.165) is 12.8 Å². The van der Waals surface area contributed by atoms with Gasteiger partial charge in [-0.15, -0.1) is 6.58 Å². The molecule has 98 valence electrons. The Morgan fingerprint density at radius 2 is 2.06 bits per heavy atom. The molecule has 1 fully saturated rings. The predicted molar refractivity (Wildman–Crippen MR) is 71.2 cm³/mol. The van der Waals surface area contributed by atoms with Crippen LogP contribution in [-0.2, 0) is 14.6 Å². The second-order valence-electron chi connectivity index (χ2n) is 4.58. The predicted octanol–water partition coefficient (Wildman–Crippen LogP) is 2.44. The molecule has 2 atom stereocenters. The van der Waals surface area contributed by atoms with Crippen molar-refractivity contribution in [3.8, 4) is 0 Å². The molecule has 0 saturated carbocycles. The molecule has 0 spiro atoms. The topological polar surface area (TPSA) is 43.4 Å². The molecule has 2 rings (SSSR count). The quantitative estimate of drug-likeness (QED) is 0.769. The van der Waals surface area contributed by atoms with Crippen molar-refractivity contribution < 1.29 is 13.2 Å². The zero-order chi connectivity index (χ0) is 13.0. The van der Waals surface area contributed by atoms with E-state index in [1.54, 1.807) is 30.3 Å². The van der Waals surface area contributed by atoms with Gasteiger partial charge in [0.25, 0.3) is 0 Å². The van der Waals surface area contributed by atoms with Crippen molar-refractivity contribution in [1.29, 1.82) is 0 Å². The number of rotatable bonds is 5. The first kappa shape index (κ1) is 13.3. The zero-order valence-electron chi connectivity index (χ0n) is 10.3. The Morgan fingerprint density at radius 1 is 1.33 bits per heavy atom. The van der Waals surface area contributed by atoms with Crippen molar-refractivity contribution in [2.24, 2.45) is 5.92 Å². The third-order valence-electron chi connectivity index (χ3n) is 3.28. The van der Waals surface area contributed by atoms with E-state index in [9.17, 15) is 8.42 Å². The third-order valence-corrected chi connectivity index (χ3v) is 5.14. The fraction of sp³-hybridized carbons (Fsp3) is 0.429. The zero-order valence-corrected chi connectivity index (χ0v) is 11.1. The fourth-order valence-electron chi connectivity index (χ4n) is 2.31. The normalized spacial score (nSPS) is 24.0. The van der Waals surface area contributed by atoms with Crippen LogP contribution >= 0.6 is 0 Å². The first-order chi connectivity index (χ1) is 8.63. The summed E-state index contributed by atoms with van der Waals surface area (Å²) in [6, 6.07) is 8.61. The molecule has 0 radical (unpaired) electrons. The smallest absolute Gasteiger partial charge is 0.178 e. The first-order valence-electron chi connectivity index (χ1n) is 6.14. The van der Waals surface area contributed by atoms with Crippen molar-refractivity contribution >= 4 is 9.84 Å². The van der Waals surface area contributed by atoms with Crippen LogP contribution in [-0.4, -0.2) is 26.9 Å². The molecule has 4 heteroatoms. The maximum absolute atomic E-state index is 12.3. The minimum Gasteiger partial charge on any atom is -0.378 e. The van der Waals surface area contributed by atoms with E-state index in [1.807, 2.05) is 6.07 Å². The van der Waals surface area contributed by atoms with E-state index in [2.05, 4.69) is 6.58 Å². The minimum absolute atomic E-state index is 0.000914. The largest absolute Gasteiger partial charge is 0.378 e. The van der Waals surface area contributed by atoms with E-state index < -0.39 is 9.84 Å². The van der Waals surface area contributed by atoms with E-state index in [4.69, 9.17) is 4.74 Å². The highest BCUT2D eigenvalue weighted by Gasteiger charge is 2.31. The van der Waals surface area contributed by atoms with Crippen molar-refractivity contribution in [2.45, 2.75) is 23.8 Å². The summed E-state index contributed by atoms with van der Waals surface area (Å²) in [6.45, 7) is 4.33. The summed E-state index contributed by atoms with van der Waals surface area (Å²) in [5.74, 6) is 0.239. The third kappa shape index (κ3) is 3.00. The molecule has 1 aromatic carbocycles. The monoisotopic (exact) mass is 266 g/mol. The molecule has 1 aliphatic rings. The van der Waals surface area contributed by atoms with Crippen LogP contribution < -0.4 is 0 Å². The van der Waals surface area contributed by atoms with Crippen molar-refractivity contribution in [2.75, 3.05) is 12.4 Å². The first-order valence-corrected chi connectivity index (χ1v) is 7.79. The van der Waals surface area contributed by atoms with Gasteiger partial charge in [0.1, 0.15) is 0 Å². The van der Waals surface area contributed by atoms with Gasteiger partial charge in [-0.05, 0) is 25.0 Å². The molecule has 0 N–H and O–H groups in total. The maximum atomic E-state index is 12.3. The lowest BCUT2D eigenvalue weighted by molar-refractivity contribution is 0.0971. The minimum atomic E-state index is -3.21. The number of ether oxygens (including phenoxy) is 1. The van der Waals surface area contributed by atoms with Crippen molar-refractivity contribution in [1.82, 2.24) is 0 Å². The summed E-state index contributed by atoms with van der Waals surface area (Å²) in [4.78, 5) is 0.397. The molecule has 18 heavy (non-hydrogen) atoms. The number of hydrogen-bond acceptors (Lipinski definition) is 3. The molecule has 1 saturated heterocycles. The van der Waals surface area contributed by atoms with Crippen LogP contribution in [0.15, 0.2) is 47.9 Å². The second kappa shape index (κ2) is 5.67. The van der Waals surface area contributed by atoms with Crippen LogP contribution in [0.3, 0.4) is 0 Å². The summed E-state index contributed by atoms with van der Waals surface area (Å²) in [5, 5.41) is 0. The fourth-order valence-corrected chi connectivity index (χ4v) is 4.02. The lowest BCUT2D eigenvalue weighted by Crippen LogP contribution is -2.24. The summed E-state index contributed by atoms with van der Waals surface area (Å²) < 4.78 is 30.1. The Morgan fingerprint density at radius 3 is 2.72 bits per heavy atom. The van der Waals surface area contributed by atoms with Crippen LogP contribution in [0.4, 0.5) is 0 Å². The molecule has 1 aliphatic heterocycles. The van der Waals surface area contributed by atoms with Gasteiger partial charge in [-0.2, -0.15) is 0 Å². The molecular formula is C14H18O3S. The number of sulfone groups is 1. The van der Waals surface area contributed by atoms with Gasteiger partial charge in [-0.25, -0.2) is 8.42 Å². The highest BCUT2D eigenvalue weighted by molar-refractivity contribution is 7.91. The molecule has 1 heterocycles. The van der Waals surface area contributed by atoms with E-state index >= 15 is 0 Å². The van der Waals surface area contributed by atoms with Gasteiger partial charge >= 0.3 is 0 Å². The lowest BCUT2D eigenvalue weighted by Gasteiger charge is -2.16.